The van der Waals surface area contributed by atoms with Gasteiger partial charge in [0.2, 0.25) is 0 Å². The van der Waals surface area contributed by atoms with E-state index in [-0.39, 0.29) is 6.09 Å². The molecule has 2 heterocycles. The van der Waals surface area contributed by atoms with E-state index >= 15 is 0 Å². The molecule has 0 aliphatic carbocycles. The van der Waals surface area contributed by atoms with E-state index < -0.39 is 5.60 Å². The SMILES string of the molecule is CC(NN1CCCCC1)C1CCCN(C(=O)OC(C)(C)C)C1. The first-order valence-electron chi connectivity index (χ1n) is 8.84. The van der Waals surface area contributed by atoms with Crippen LogP contribution in [0.1, 0.15) is 59.8 Å². The minimum atomic E-state index is -0.415. The van der Waals surface area contributed by atoms with Gasteiger partial charge in [0, 0.05) is 32.2 Å². The third kappa shape index (κ3) is 5.43. The summed E-state index contributed by atoms with van der Waals surface area (Å²) in [6.45, 7) is 11.9. The number of amides is 1. The van der Waals surface area contributed by atoms with Gasteiger partial charge in [0.05, 0.1) is 0 Å². The number of hydrazine groups is 1. The number of piperidine rings is 2. The third-order valence-electron chi connectivity index (χ3n) is 4.56. The first-order valence-corrected chi connectivity index (χ1v) is 8.84. The fraction of sp³-hybridized carbons (Fsp3) is 0.941. The van der Waals surface area contributed by atoms with Gasteiger partial charge in [-0.25, -0.2) is 9.80 Å². The van der Waals surface area contributed by atoms with Crippen LogP contribution in [0.15, 0.2) is 0 Å². The maximum absolute atomic E-state index is 12.2. The maximum Gasteiger partial charge on any atom is 0.410 e. The van der Waals surface area contributed by atoms with Gasteiger partial charge in [-0.1, -0.05) is 6.42 Å². The van der Waals surface area contributed by atoms with Crippen LogP contribution in [0.2, 0.25) is 0 Å². The monoisotopic (exact) mass is 311 g/mol. The molecule has 5 nitrogen and oxygen atoms in total. The van der Waals surface area contributed by atoms with Crippen LogP contribution in [0.4, 0.5) is 4.79 Å². The molecule has 2 atom stereocenters. The number of hydrogen-bond donors (Lipinski definition) is 1. The predicted octanol–water partition coefficient (Wildman–Crippen LogP) is 3.01. The zero-order valence-electron chi connectivity index (χ0n) is 14.7. The molecule has 0 aromatic rings. The fourth-order valence-corrected chi connectivity index (χ4v) is 3.33. The third-order valence-corrected chi connectivity index (χ3v) is 4.56. The lowest BCUT2D eigenvalue weighted by atomic mass is 9.92. The van der Waals surface area contributed by atoms with Crippen LogP contribution in [0, 0.1) is 5.92 Å². The molecule has 2 aliphatic rings. The number of ether oxygens (including phenoxy) is 1. The number of likely N-dealkylation sites (tertiary alicyclic amines) is 1. The van der Waals surface area contributed by atoms with E-state index in [1.54, 1.807) is 0 Å². The Morgan fingerprint density at radius 2 is 1.82 bits per heavy atom. The van der Waals surface area contributed by atoms with Gasteiger partial charge in [0.15, 0.2) is 0 Å². The Kier molecular flexibility index (Phi) is 6.09. The van der Waals surface area contributed by atoms with Gasteiger partial charge in [-0.15, -0.1) is 0 Å². The Bertz CT molecular complexity index is 361. The Labute approximate surface area is 135 Å². The molecule has 128 valence electrons. The van der Waals surface area contributed by atoms with Gasteiger partial charge >= 0.3 is 6.09 Å². The molecule has 1 N–H and O–H groups in total. The molecule has 2 rings (SSSR count). The molecule has 1 amide bonds. The number of carbonyl (C=O) groups excluding carboxylic acids is 1. The summed E-state index contributed by atoms with van der Waals surface area (Å²) in [5.41, 5.74) is 3.24. The van der Waals surface area contributed by atoms with Crippen LogP contribution in [0.25, 0.3) is 0 Å². The van der Waals surface area contributed by atoms with Crippen LogP contribution in [-0.4, -0.2) is 53.8 Å². The Balaban J connectivity index is 1.82. The van der Waals surface area contributed by atoms with Gasteiger partial charge in [-0.3, -0.25) is 5.43 Å². The minimum absolute atomic E-state index is 0.164. The van der Waals surface area contributed by atoms with Gasteiger partial charge in [-0.2, -0.15) is 0 Å². The summed E-state index contributed by atoms with van der Waals surface area (Å²) in [7, 11) is 0. The van der Waals surface area contributed by atoms with Crippen molar-refractivity contribution in [2.45, 2.75) is 71.4 Å². The van der Waals surface area contributed by atoms with Crippen molar-refractivity contribution in [2.75, 3.05) is 26.2 Å². The van der Waals surface area contributed by atoms with Crippen molar-refractivity contribution in [3.8, 4) is 0 Å². The molecule has 0 saturated carbocycles. The molecular weight excluding hydrogens is 278 g/mol. The molecule has 22 heavy (non-hydrogen) atoms. The zero-order valence-corrected chi connectivity index (χ0v) is 14.7. The van der Waals surface area contributed by atoms with Gasteiger partial charge in [-0.05, 0) is 59.3 Å². The summed E-state index contributed by atoms with van der Waals surface area (Å²) in [6.07, 6.45) is 6.00. The van der Waals surface area contributed by atoms with E-state index in [0.29, 0.717) is 12.0 Å². The topological polar surface area (TPSA) is 44.8 Å². The van der Waals surface area contributed by atoms with Crippen molar-refractivity contribution >= 4 is 6.09 Å². The van der Waals surface area contributed by atoms with Crippen LogP contribution in [0.3, 0.4) is 0 Å². The summed E-state index contributed by atoms with van der Waals surface area (Å²) in [5.74, 6) is 0.503. The number of hydrogen-bond acceptors (Lipinski definition) is 4. The zero-order chi connectivity index (χ0) is 16.2. The Morgan fingerprint density at radius 1 is 1.14 bits per heavy atom. The van der Waals surface area contributed by atoms with Crippen LogP contribution in [-0.2, 0) is 4.74 Å². The minimum Gasteiger partial charge on any atom is -0.444 e. The second kappa shape index (κ2) is 7.64. The molecule has 2 aliphatic heterocycles. The average Bonchev–Trinajstić information content (AvgIpc) is 2.46. The van der Waals surface area contributed by atoms with Crippen molar-refractivity contribution in [1.82, 2.24) is 15.3 Å². The average molecular weight is 311 g/mol. The highest BCUT2D eigenvalue weighted by Crippen LogP contribution is 2.22. The van der Waals surface area contributed by atoms with Gasteiger partial charge in [0.25, 0.3) is 0 Å². The second-order valence-corrected chi connectivity index (χ2v) is 7.79. The maximum atomic E-state index is 12.2. The molecule has 2 unspecified atom stereocenters. The van der Waals surface area contributed by atoms with E-state index in [1.807, 2.05) is 25.7 Å². The Morgan fingerprint density at radius 3 is 2.45 bits per heavy atom. The Hall–Kier alpha value is -0.810. The summed E-state index contributed by atoms with van der Waals surface area (Å²) >= 11 is 0. The molecule has 2 saturated heterocycles. The first kappa shape index (κ1) is 17.5. The van der Waals surface area contributed by atoms with Crippen molar-refractivity contribution < 1.29 is 9.53 Å². The van der Waals surface area contributed by atoms with Crippen LogP contribution in [0.5, 0.6) is 0 Å². The first-order chi connectivity index (χ1) is 10.3. The highest BCUT2D eigenvalue weighted by Gasteiger charge is 2.30. The van der Waals surface area contributed by atoms with E-state index in [0.717, 1.165) is 32.6 Å². The largest absolute Gasteiger partial charge is 0.444 e. The molecule has 2 fully saturated rings. The van der Waals surface area contributed by atoms with E-state index in [2.05, 4.69) is 17.4 Å². The molecule has 5 heteroatoms. The van der Waals surface area contributed by atoms with Crippen molar-refractivity contribution in [1.29, 1.82) is 0 Å². The van der Waals surface area contributed by atoms with Gasteiger partial charge in [0.1, 0.15) is 5.60 Å². The van der Waals surface area contributed by atoms with Crippen molar-refractivity contribution in [3.63, 3.8) is 0 Å². The number of nitrogens with zero attached hydrogens (tertiary/aromatic N) is 2. The predicted molar refractivity (Wildman–Crippen MR) is 88.6 cm³/mol. The highest BCUT2D eigenvalue weighted by atomic mass is 16.6. The summed E-state index contributed by atoms with van der Waals surface area (Å²) in [6, 6.07) is 0.406. The molecule has 0 spiro atoms. The van der Waals surface area contributed by atoms with E-state index in [1.165, 1.54) is 25.7 Å². The quantitative estimate of drug-likeness (QED) is 0.870. The lowest BCUT2D eigenvalue weighted by Crippen LogP contribution is -2.53. The van der Waals surface area contributed by atoms with Crippen molar-refractivity contribution in [3.05, 3.63) is 0 Å². The molecule has 0 bridgehead atoms. The van der Waals surface area contributed by atoms with Crippen molar-refractivity contribution in [2.24, 2.45) is 5.92 Å². The molecular formula is C17H33N3O2. The van der Waals surface area contributed by atoms with Gasteiger partial charge < -0.3 is 9.64 Å². The lowest BCUT2D eigenvalue weighted by Gasteiger charge is -2.39. The second-order valence-electron chi connectivity index (χ2n) is 7.79. The normalized spacial score (nSPS) is 25.8. The van der Waals surface area contributed by atoms with E-state index in [9.17, 15) is 4.79 Å². The molecule has 0 radical (unpaired) electrons. The fourth-order valence-electron chi connectivity index (χ4n) is 3.33. The summed E-state index contributed by atoms with van der Waals surface area (Å²) in [5, 5.41) is 2.36. The molecule has 0 aromatic heterocycles. The number of nitrogens with one attached hydrogen (secondary N) is 1. The smallest absolute Gasteiger partial charge is 0.410 e. The molecule has 0 aromatic carbocycles. The number of rotatable bonds is 3. The highest BCUT2D eigenvalue weighted by molar-refractivity contribution is 5.68. The van der Waals surface area contributed by atoms with E-state index in [4.69, 9.17) is 4.74 Å². The standard InChI is InChI=1S/C17H33N3O2/c1-14(18-20-11-6-5-7-12-20)15-9-8-10-19(13-15)16(21)22-17(2,3)4/h14-15,18H,5-13H2,1-4H3. The number of carbonyl (C=O) groups is 1. The van der Waals surface area contributed by atoms with Crippen LogP contribution >= 0.6 is 0 Å². The van der Waals surface area contributed by atoms with Crippen LogP contribution < -0.4 is 5.43 Å². The summed E-state index contributed by atoms with van der Waals surface area (Å²) < 4.78 is 5.51. The summed E-state index contributed by atoms with van der Waals surface area (Å²) in [4.78, 5) is 14.1. The lowest BCUT2D eigenvalue weighted by molar-refractivity contribution is 0.0114.